The summed E-state index contributed by atoms with van der Waals surface area (Å²) in [5, 5.41) is 2.46. The zero-order valence-electron chi connectivity index (χ0n) is 7.40. The van der Waals surface area contributed by atoms with Crippen molar-refractivity contribution in [2.24, 2.45) is 0 Å². The van der Waals surface area contributed by atoms with Crippen LogP contribution in [0.4, 0.5) is 13.2 Å². The lowest BCUT2D eigenvalue weighted by Gasteiger charge is -2.03. The summed E-state index contributed by atoms with van der Waals surface area (Å²) >= 11 is 0. The minimum Gasteiger partial charge on any atom is -0.313 e. The van der Waals surface area contributed by atoms with Gasteiger partial charge in [0.05, 0.1) is 12.1 Å². The molecule has 0 saturated carbocycles. The molecule has 2 nitrogen and oxygen atoms in total. The van der Waals surface area contributed by atoms with Gasteiger partial charge in [-0.2, -0.15) is 0 Å². The van der Waals surface area contributed by atoms with Gasteiger partial charge in [0.15, 0.2) is 5.78 Å². The summed E-state index contributed by atoms with van der Waals surface area (Å²) in [6, 6.07) is 0.956. The number of likely N-dealkylation sites (N-methyl/N-ethyl adjacent to an activating group) is 1. The first-order valence-corrected chi connectivity index (χ1v) is 3.88. The maximum Gasteiger partial charge on any atom is 0.182 e. The van der Waals surface area contributed by atoms with Gasteiger partial charge in [-0.15, -0.1) is 0 Å². The topological polar surface area (TPSA) is 29.1 Å². The van der Waals surface area contributed by atoms with Gasteiger partial charge in [0.25, 0.3) is 0 Å². The third-order valence-electron chi connectivity index (χ3n) is 1.62. The van der Waals surface area contributed by atoms with Crippen molar-refractivity contribution in [3.63, 3.8) is 0 Å². The lowest BCUT2D eigenvalue weighted by molar-refractivity contribution is 0.0985. The predicted molar refractivity (Wildman–Crippen MR) is 44.6 cm³/mol. The van der Waals surface area contributed by atoms with E-state index >= 15 is 0 Å². The third-order valence-corrected chi connectivity index (χ3v) is 1.62. The van der Waals surface area contributed by atoms with Crippen LogP contribution >= 0.6 is 0 Å². The van der Waals surface area contributed by atoms with E-state index in [0.29, 0.717) is 12.1 Å². The van der Waals surface area contributed by atoms with Crippen LogP contribution in [0.1, 0.15) is 10.4 Å². The van der Waals surface area contributed by atoms with Crippen molar-refractivity contribution in [1.29, 1.82) is 0 Å². The number of benzene rings is 1. The van der Waals surface area contributed by atoms with Gasteiger partial charge < -0.3 is 5.32 Å². The molecule has 0 aliphatic carbocycles. The van der Waals surface area contributed by atoms with Crippen molar-refractivity contribution in [3.05, 3.63) is 35.1 Å². The molecule has 0 radical (unpaired) electrons. The van der Waals surface area contributed by atoms with Crippen LogP contribution in [0.2, 0.25) is 0 Å². The van der Waals surface area contributed by atoms with Gasteiger partial charge >= 0.3 is 0 Å². The monoisotopic (exact) mass is 203 g/mol. The highest BCUT2D eigenvalue weighted by molar-refractivity contribution is 5.98. The molecular formula is C9H8F3NO. The fraction of sp³-hybridized carbons (Fsp3) is 0.222. The summed E-state index contributed by atoms with van der Waals surface area (Å²) in [5.74, 6) is -4.14. The van der Waals surface area contributed by atoms with Gasteiger partial charge in [-0.1, -0.05) is 0 Å². The van der Waals surface area contributed by atoms with E-state index in [9.17, 15) is 18.0 Å². The molecule has 0 heterocycles. The van der Waals surface area contributed by atoms with Crippen LogP contribution in [0.25, 0.3) is 0 Å². The Labute approximate surface area is 78.7 Å². The summed E-state index contributed by atoms with van der Waals surface area (Å²) in [7, 11) is 1.47. The number of carbonyl (C=O) groups is 1. The van der Waals surface area contributed by atoms with E-state index in [1.54, 1.807) is 0 Å². The van der Waals surface area contributed by atoms with Gasteiger partial charge in [0, 0.05) is 12.1 Å². The molecule has 0 spiro atoms. The van der Waals surface area contributed by atoms with Crippen LogP contribution in [-0.2, 0) is 0 Å². The Bertz CT molecular complexity index is 342. The number of carbonyl (C=O) groups excluding carboxylic acids is 1. The van der Waals surface area contributed by atoms with Gasteiger partial charge in [0.1, 0.15) is 17.5 Å². The maximum absolute atomic E-state index is 13.0. The molecule has 0 fully saturated rings. The van der Waals surface area contributed by atoms with Crippen molar-refractivity contribution in [3.8, 4) is 0 Å². The van der Waals surface area contributed by atoms with E-state index in [0.717, 1.165) is 0 Å². The number of hydrogen-bond donors (Lipinski definition) is 1. The minimum atomic E-state index is -1.18. The number of rotatable bonds is 3. The highest BCUT2D eigenvalue weighted by atomic mass is 19.1. The molecule has 0 aromatic heterocycles. The molecule has 0 aliphatic heterocycles. The molecule has 14 heavy (non-hydrogen) atoms. The van der Waals surface area contributed by atoms with Crippen molar-refractivity contribution >= 4 is 5.78 Å². The van der Waals surface area contributed by atoms with Crippen LogP contribution in [0.15, 0.2) is 12.1 Å². The quantitative estimate of drug-likeness (QED) is 0.754. The normalized spacial score (nSPS) is 10.3. The molecule has 0 bridgehead atoms. The number of ketones is 1. The number of hydrogen-bond acceptors (Lipinski definition) is 2. The van der Waals surface area contributed by atoms with E-state index in [4.69, 9.17) is 0 Å². The second-order valence-corrected chi connectivity index (χ2v) is 2.70. The molecule has 1 aromatic carbocycles. The molecule has 5 heteroatoms. The Hall–Kier alpha value is -1.36. The molecule has 76 valence electrons. The average molecular weight is 203 g/mol. The first kappa shape index (κ1) is 10.7. The molecule has 0 atom stereocenters. The Morgan fingerprint density at radius 2 is 1.79 bits per heavy atom. The number of halogens is 3. The van der Waals surface area contributed by atoms with E-state index in [1.165, 1.54) is 7.05 Å². The standard InChI is InChI=1S/C9H8F3NO/c1-13-4-8(14)9-6(11)2-5(10)3-7(9)12/h2-3,13H,4H2,1H3. The second-order valence-electron chi connectivity index (χ2n) is 2.70. The minimum absolute atomic E-state index is 0.195. The van der Waals surface area contributed by atoms with Crippen LogP contribution in [0.5, 0.6) is 0 Å². The Morgan fingerprint density at radius 1 is 1.29 bits per heavy atom. The molecule has 1 aromatic rings. The lowest BCUT2D eigenvalue weighted by Crippen LogP contribution is -2.21. The molecule has 0 amide bonds. The van der Waals surface area contributed by atoms with E-state index in [1.807, 2.05) is 0 Å². The van der Waals surface area contributed by atoms with Crippen LogP contribution < -0.4 is 5.32 Å². The van der Waals surface area contributed by atoms with Crippen LogP contribution in [0, 0.1) is 17.5 Å². The molecule has 1 N–H and O–H groups in total. The lowest BCUT2D eigenvalue weighted by atomic mass is 10.1. The molecule has 1 rings (SSSR count). The smallest absolute Gasteiger partial charge is 0.182 e. The van der Waals surface area contributed by atoms with Gasteiger partial charge in [-0.05, 0) is 7.05 Å². The van der Waals surface area contributed by atoms with Crippen LogP contribution in [0.3, 0.4) is 0 Å². The van der Waals surface area contributed by atoms with Gasteiger partial charge in [0.2, 0.25) is 0 Å². The van der Waals surface area contributed by atoms with E-state index in [2.05, 4.69) is 5.32 Å². The highest BCUT2D eigenvalue weighted by Gasteiger charge is 2.17. The average Bonchev–Trinajstić information content (AvgIpc) is 2.01. The fourth-order valence-electron chi connectivity index (χ4n) is 1.06. The van der Waals surface area contributed by atoms with Gasteiger partial charge in [-0.3, -0.25) is 4.79 Å². The van der Waals surface area contributed by atoms with Gasteiger partial charge in [-0.25, -0.2) is 13.2 Å². The Morgan fingerprint density at radius 3 is 2.21 bits per heavy atom. The summed E-state index contributed by atoms with van der Waals surface area (Å²) in [5.41, 5.74) is -0.708. The second kappa shape index (κ2) is 4.23. The summed E-state index contributed by atoms with van der Waals surface area (Å²) < 4.78 is 38.4. The molecule has 0 unspecified atom stereocenters. The molecular weight excluding hydrogens is 195 g/mol. The Kier molecular flexibility index (Phi) is 3.24. The number of Topliss-reactive ketones (excluding diaryl/α,β-unsaturated/α-hetero) is 1. The van der Waals surface area contributed by atoms with Crippen molar-refractivity contribution in [2.75, 3.05) is 13.6 Å². The zero-order valence-corrected chi connectivity index (χ0v) is 7.40. The largest absolute Gasteiger partial charge is 0.313 e. The van der Waals surface area contributed by atoms with Crippen molar-refractivity contribution in [2.45, 2.75) is 0 Å². The number of nitrogens with one attached hydrogen (secondary N) is 1. The van der Waals surface area contributed by atoms with Crippen molar-refractivity contribution in [1.82, 2.24) is 5.32 Å². The summed E-state index contributed by atoms with van der Waals surface area (Å²) in [6.07, 6.45) is 0. The van der Waals surface area contributed by atoms with Crippen LogP contribution in [-0.4, -0.2) is 19.4 Å². The maximum atomic E-state index is 13.0. The summed E-state index contributed by atoms with van der Waals surface area (Å²) in [6.45, 7) is -0.195. The Balaban J connectivity index is 3.14. The highest BCUT2D eigenvalue weighted by Crippen LogP contribution is 2.14. The first-order valence-electron chi connectivity index (χ1n) is 3.88. The van der Waals surface area contributed by atoms with Crippen molar-refractivity contribution < 1.29 is 18.0 Å². The first-order chi connectivity index (χ1) is 6.56. The SMILES string of the molecule is CNCC(=O)c1c(F)cc(F)cc1F. The molecule has 0 saturated heterocycles. The molecule has 0 aliphatic rings. The van der Waals surface area contributed by atoms with E-state index < -0.39 is 28.8 Å². The third kappa shape index (κ3) is 2.11. The predicted octanol–water partition coefficient (Wildman–Crippen LogP) is 1.51. The summed E-state index contributed by atoms with van der Waals surface area (Å²) in [4.78, 5) is 11.1. The van der Waals surface area contributed by atoms with E-state index in [-0.39, 0.29) is 6.54 Å². The zero-order chi connectivity index (χ0) is 10.7. The fourth-order valence-corrected chi connectivity index (χ4v) is 1.06.